The highest BCUT2D eigenvalue weighted by molar-refractivity contribution is 6.08. The van der Waals surface area contributed by atoms with E-state index in [2.05, 4.69) is 5.32 Å². The highest BCUT2D eigenvalue weighted by Crippen LogP contribution is 2.28. The van der Waals surface area contributed by atoms with Gasteiger partial charge in [0.2, 0.25) is 0 Å². The normalized spacial score (nSPS) is 21.7. The van der Waals surface area contributed by atoms with Gasteiger partial charge in [0.05, 0.1) is 0 Å². The summed E-state index contributed by atoms with van der Waals surface area (Å²) in [5, 5.41) is 2.57. The number of rotatable bonds is 5. The van der Waals surface area contributed by atoms with Crippen LogP contribution in [-0.2, 0) is 24.7 Å². The van der Waals surface area contributed by atoms with E-state index in [1.807, 2.05) is 0 Å². The van der Waals surface area contributed by atoms with E-state index in [0.717, 1.165) is 4.90 Å². The van der Waals surface area contributed by atoms with Crippen molar-refractivity contribution in [2.45, 2.75) is 25.5 Å². The van der Waals surface area contributed by atoms with Crippen LogP contribution in [-0.4, -0.2) is 41.4 Å². The number of hydrogen-bond acceptors (Lipinski definition) is 5. The van der Waals surface area contributed by atoms with Crippen molar-refractivity contribution in [3.05, 3.63) is 35.9 Å². The van der Waals surface area contributed by atoms with Crippen molar-refractivity contribution in [1.29, 1.82) is 0 Å². The number of carbonyl (C=O) groups is 4. The minimum absolute atomic E-state index is 0.572. The molecule has 2 atom stereocenters. The summed E-state index contributed by atoms with van der Waals surface area (Å²) in [6.07, 6.45) is -1.14. The molecule has 8 nitrogen and oxygen atoms in total. The van der Waals surface area contributed by atoms with Crippen molar-refractivity contribution < 1.29 is 23.9 Å². The molecule has 0 radical (unpaired) electrons. The van der Waals surface area contributed by atoms with Gasteiger partial charge in [-0.05, 0) is 19.4 Å². The molecule has 1 aromatic carbocycles. The van der Waals surface area contributed by atoms with E-state index in [1.54, 1.807) is 37.3 Å². The van der Waals surface area contributed by atoms with Crippen LogP contribution in [0, 0.1) is 0 Å². The van der Waals surface area contributed by atoms with Crippen molar-refractivity contribution in [3.8, 4) is 0 Å². The van der Waals surface area contributed by atoms with Crippen molar-refractivity contribution in [2.24, 2.45) is 5.73 Å². The fraction of sp³-hybridized carbons (Fsp3) is 0.333. The predicted octanol–water partition coefficient (Wildman–Crippen LogP) is -0.129. The topological polar surface area (TPSA) is 119 Å². The Morgan fingerprint density at radius 2 is 1.91 bits per heavy atom. The summed E-state index contributed by atoms with van der Waals surface area (Å²) in [5.41, 5.74) is 4.33. The smallest absolute Gasteiger partial charge is 0.327 e. The molecule has 1 aliphatic rings. The molecule has 1 aliphatic heterocycles. The van der Waals surface area contributed by atoms with Gasteiger partial charge in [0, 0.05) is 0 Å². The Morgan fingerprint density at radius 1 is 1.30 bits per heavy atom. The van der Waals surface area contributed by atoms with Gasteiger partial charge in [0.15, 0.2) is 6.10 Å². The molecule has 1 saturated heterocycles. The zero-order valence-corrected chi connectivity index (χ0v) is 12.7. The van der Waals surface area contributed by atoms with Gasteiger partial charge in [-0.2, -0.15) is 0 Å². The highest BCUT2D eigenvalue weighted by atomic mass is 16.5. The number of nitrogens with two attached hydrogens (primary N) is 1. The molecule has 23 heavy (non-hydrogen) atoms. The average molecular weight is 319 g/mol. The van der Waals surface area contributed by atoms with Crippen LogP contribution >= 0.6 is 0 Å². The van der Waals surface area contributed by atoms with Gasteiger partial charge in [-0.3, -0.25) is 19.3 Å². The Hall–Kier alpha value is -2.90. The van der Waals surface area contributed by atoms with Crippen molar-refractivity contribution in [1.82, 2.24) is 10.2 Å². The number of urea groups is 1. The summed E-state index contributed by atoms with van der Waals surface area (Å²) >= 11 is 0. The molecule has 0 spiro atoms. The molecule has 0 bridgehead atoms. The summed E-state index contributed by atoms with van der Waals surface area (Å²) in [5.74, 6) is -2.28. The SMILES string of the molecule is C[C@@H](OC(=O)CN1C(=O)N[C@](C)(c2ccccc2)C1=O)C(N)=O. The first kappa shape index (κ1) is 16.5. The van der Waals surface area contributed by atoms with Crippen LogP contribution in [0.1, 0.15) is 19.4 Å². The Labute approximate surface area is 132 Å². The van der Waals surface area contributed by atoms with Gasteiger partial charge in [-0.1, -0.05) is 30.3 Å². The molecule has 1 aromatic rings. The van der Waals surface area contributed by atoms with Crippen molar-refractivity contribution in [2.75, 3.05) is 6.54 Å². The fourth-order valence-corrected chi connectivity index (χ4v) is 2.23. The first-order valence-corrected chi connectivity index (χ1v) is 6.94. The van der Waals surface area contributed by atoms with Crippen LogP contribution < -0.4 is 11.1 Å². The molecule has 0 aliphatic carbocycles. The van der Waals surface area contributed by atoms with E-state index < -0.39 is 42.0 Å². The number of amides is 4. The molecule has 122 valence electrons. The van der Waals surface area contributed by atoms with Crippen LogP contribution in [0.3, 0.4) is 0 Å². The van der Waals surface area contributed by atoms with E-state index in [1.165, 1.54) is 6.92 Å². The summed E-state index contributed by atoms with van der Waals surface area (Å²) in [6, 6.07) is 7.97. The van der Waals surface area contributed by atoms with E-state index in [4.69, 9.17) is 10.5 Å². The first-order chi connectivity index (χ1) is 10.8. The van der Waals surface area contributed by atoms with Gasteiger partial charge < -0.3 is 15.8 Å². The maximum Gasteiger partial charge on any atom is 0.327 e. The van der Waals surface area contributed by atoms with E-state index >= 15 is 0 Å². The quantitative estimate of drug-likeness (QED) is 0.579. The van der Waals surface area contributed by atoms with E-state index in [0.29, 0.717) is 5.56 Å². The number of nitrogens with one attached hydrogen (secondary N) is 1. The van der Waals surface area contributed by atoms with Crippen molar-refractivity contribution in [3.63, 3.8) is 0 Å². The number of imide groups is 1. The van der Waals surface area contributed by atoms with E-state index in [-0.39, 0.29) is 0 Å². The predicted molar refractivity (Wildman–Crippen MR) is 78.8 cm³/mol. The lowest BCUT2D eigenvalue weighted by Gasteiger charge is -2.22. The van der Waals surface area contributed by atoms with Gasteiger partial charge in [0.25, 0.3) is 11.8 Å². The largest absolute Gasteiger partial charge is 0.451 e. The second kappa shape index (κ2) is 6.07. The lowest BCUT2D eigenvalue weighted by Crippen LogP contribution is -2.42. The second-order valence-electron chi connectivity index (χ2n) is 5.35. The average Bonchev–Trinajstić information content (AvgIpc) is 2.72. The monoisotopic (exact) mass is 319 g/mol. The molecule has 2 rings (SSSR count). The number of carbonyl (C=O) groups excluding carboxylic acids is 4. The molecule has 0 aromatic heterocycles. The van der Waals surface area contributed by atoms with Gasteiger partial charge >= 0.3 is 12.0 Å². The third-order valence-electron chi connectivity index (χ3n) is 3.62. The zero-order valence-electron chi connectivity index (χ0n) is 12.7. The number of nitrogens with zero attached hydrogens (tertiary/aromatic N) is 1. The van der Waals surface area contributed by atoms with Gasteiger partial charge in [-0.15, -0.1) is 0 Å². The molecule has 4 amide bonds. The van der Waals surface area contributed by atoms with E-state index in [9.17, 15) is 19.2 Å². The Bertz CT molecular complexity index is 660. The summed E-state index contributed by atoms with van der Waals surface area (Å²) in [7, 11) is 0. The Balaban J connectivity index is 2.13. The Kier molecular flexibility index (Phi) is 4.35. The second-order valence-corrected chi connectivity index (χ2v) is 5.35. The van der Waals surface area contributed by atoms with Crippen LogP contribution in [0.25, 0.3) is 0 Å². The molecule has 0 saturated carbocycles. The molecule has 1 fully saturated rings. The summed E-state index contributed by atoms with van der Waals surface area (Å²) in [6.45, 7) is 2.27. The minimum atomic E-state index is -1.26. The number of primary amides is 1. The van der Waals surface area contributed by atoms with Crippen LogP contribution in [0.4, 0.5) is 4.79 Å². The molecular weight excluding hydrogens is 302 g/mol. The summed E-state index contributed by atoms with van der Waals surface area (Å²) in [4.78, 5) is 47.9. The number of benzene rings is 1. The lowest BCUT2D eigenvalue weighted by molar-refractivity contribution is -0.155. The highest BCUT2D eigenvalue weighted by Gasteiger charge is 2.49. The van der Waals surface area contributed by atoms with Gasteiger partial charge in [0.1, 0.15) is 12.1 Å². The van der Waals surface area contributed by atoms with Crippen LogP contribution in [0.15, 0.2) is 30.3 Å². The fourth-order valence-electron chi connectivity index (χ4n) is 2.23. The molecule has 8 heteroatoms. The standard InChI is InChI=1S/C15H17N3O5/c1-9(12(16)20)23-11(19)8-18-13(21)15(2,17-14(18)22)10-6-4-3-5-7-10/h3-7,9H,8H2,1-2H3,(H2,16,20)(H,17,22)/t9-,15-/m1/s1. The minimum Gasteiger partial charge on any atom is -0.451 e. The molecule has 0 unspecified atom stereocenters. The molecular formula is C15H17N3O5. The zero-order chi connectivity index (χ0) is 17.2. The maximum absolute atomic E-state index is 12.5. The van der Waals surface area contributed by atoms with Gasteiger partial charge in [-0.25, -0.2) is 4.79 Å². The van der Waals surface area contributed by atoms with Crippen LogP contribution in [0.2, 0.25) is 0 Å². The molecule has 1 heterocycles. The lowest BCUT2D eigenvalue weighted by atomic mass is 9.92. The third kappa shape index (κ3) is 3.15. The Morgan fingerprint density at radius 3 is 2.48 bits per heavy atom. The number of hydrogen-bond donors (Lipinski definition) is 2. The molecule has 3 N–H and O–H groups in total. The van der Waals surface area contributed by atoms with Crippen molar-refractivity contribution >= 4 is 23.8 Å². The van der Waals surface area contributed by atoms with Crippen LogP contribution in [0.5, 0.6) is 0 Å². The maximum atomic E-state index is 12.5. The first-order valence-electron chi connectivity index (χ1n) is 6.94. The summed E-state index contributed by atoms with van der Waals surface area (Å²) < 4.78 is 4.76. The number of esters is 1. The number of ether oxygens (including phenoxy) is 1. The third-order valence-corrected chi connectivity index (χ3v) is 3.62.